The Morgan fingerprint density at radius 1 is 1.04 bits per heavy atom. The van der Waals surface area contributed by atoms with Crippen LogP contribution in [0.4, 0.5) is 0 Å². The zero-order valence-corrected chi connectivity index (χ0v) is 13.2. The summed E-state index contributed by atoms with van der Waals surface area (Å²) in [5.41, 5.74) is 3.85. The molecule has 116 valence electrons. The summed E-state index contributed by atoms with van der Waals surface area (Å²) < 4.78 is 0. The van der Waals surface area contributed by atoms with Crippen molar-refractivity contribution in [2.75, 3.05) is 0 Å². The fourth-order valence-corrected chi connectivity index (χ4v) is 2.38. The Labute approximate surface area is 139 Å². The second-order valence-electron chi connectivity index (χ2n) is 5.24. The number of amides is 1. The van der Waals surface area contributed by atoms with Gasteiger partial charge in [0.25, 0.3) is 5.91 Å². The molecule has 0 saturated carbocycles. The number of nitrogens with one attached hydrogen (secondary N) is 2. The van der Waals surface area contributed by atoms with E-state index in [9.17, 15) is 4.79 Å². The molecule has 0 unspecified atom stereocenters. The third-order valence-electron chi connectivity index (χ3n) is 3.52. The number of aromatic nitrogens is 2. The van der Waals surface area contributed by atoms with E-state index in [1.807, 2.05) is 18.3 Å². The number of rotatable bonds is 5. The number of nitrogens with zero attached hydrogens (tertiary/aromatic N) is 1. The summed E-state index contributed by atoms with van der Waals surface area (Å²) in [5.74, 6) is -0.109. The first-order chi connectivity index (χ1) is 11.2. The summed E-state index contributed by atoms with van der Waals surface area (Å²) in [6, 6.07) is 15.0. The minimum absolute atomic E-state index is 0.109. The maximum Gasteiger partial charge on any atom is 0.251 e. The van der Waals surface area contributed by atoms with E-state index < -0.39 is 0 Å². The van der Waals surface area contributed by atoms with E-state index in [1.54, 1.807) is 30.6 Å². The second-order valence-corrected chi connectivity index (χ2v) is 5.68. The van der Waals surface area contributed by atoms with Crippen LogP contribution in [0.5, 0.6) is 0 Å². The first-order valence-electron chi connectivity index (χ1n) is 7.30. The Morgan fingerprint density at radius 2 is 1.74 bits per heavy atom. The Kier molecular flexibility index (Phi) is 4.74. The minimum atomic E-state index is -0.109. The number of benzene rings is 2. The molecule has 2 aromatic carbocycles. The van der Waals surface area contributed by atoms with Crippen molar-refractivity contribution < 1.29 is 4.79 Å². The normalized spacial score (nSPS) is 10.5. The van der Waals surface area contributed by atoms with Crippen LogP contribution in [0.2, 0.25) is 5.02 Å². The number of H-pyrrole nitrogens is 1. The van der Waals surface area contributed by atoms with E-state index in [-0.39, 0.29) is 5.91 Å². The van der Waals surface area contributed by atoms with E-state index in [1.165, 1.54) is 5.56 Å². The topological polar surface area (TPSA) is 57.8 Å². The Morgan fingerprint density at radius 3 is 2.39 bits per heavy atom. The van der Waals surface area contributed by atoms with Gasteiger partial charge in [-0.15, -0.1) is 0 Å². The fraction of sp³-hybridized carbons (Fsp3) is 0.111. The van der Waals surface area contributed by atoms with E-state index in [4.69, 9.17) is 11.6 Å². The molecule has 4 nitrogen and oxygen atoms in total. The molecule has 0 spiro atoms. The van der Waals surface area contributed by atoms with Crippen molar-refractivity contribution >= 4 is 17.5 Å². The van der Waals surface area contributed by atoms with Crippen LogP contribution in [0.1, 0.15) is 27.2 Å². The number of carbonyl (C=O) groups excluding carboxylic acids is 1. The van der Waals surface area contributed by atoms with Gasteiger partial charge in [-0.25, -0.2) is 4.98 Å². The third-order valence-corrected chi connectivity index (χ3v) is 3.77. The molecule has 23 heavy (non-hydrogen) atoms. The minimum Gasteiger partial charge on any atom is -0.351 e. The number of aromatic amines is 1. The molecule has 1 amide bonds. The van der Waals surface area contributed by atoms with E-state index in [0.29, 0.717) is 17.1 Å². The maximum absolute atomic E-state index is 12.0. The smallest absolute Gasteiger partial charge is 0.251 e. The second kappa shape index (κ2) is 7.11. The molecule has 0 fully saturated rings. The lowest BCUT2D eigenvalue weighted by molar-refractivity contribution is 0.0951. The molecule has 0 saturated heterocycles. The van der Waals surface area contributed by atoms with Crippen molar-refractivity contribution in [3.8, 4) is 0 Å². The van der Waals surface area contributed by atoms with E-state index in [0.717, 1.165) is 17.7 Å². The fourth-order valence-electron chi connectivity index (χ4n) is 2.26. The zero-order chi connectivity index (χ0) is 16.1. The predicted molar refractivity (Wildman–Crippen MR) is 90.5 cm³/mol. The summed E-state index contributed by atoms with van der Waals surface area (Å²) in [7, 11) is 0. The molecule has 0 bridgehead atoms. The van der Waals surface area contributed by atoms with Gasteiger partial charge in [-0.05, 0) is 35.4 Å². The Balaban J connectivity index is 1.56. The number of hydrogen-bond acceptors (Lipinski definition) is 2. The predicted octanol–water partition coefficient (Wildman–Crippen LogP) is 3.58. The van der Waals surface area contributed by atoms with Gasteiger partial charge in [-0.1, -0.05) is 35.9 Å². The van der Waals surface area contributed by atoms with Gasteiger partial charge in [0, 0.05) is 29.7 Å². The number of halogens is 1. The van der Waals surface area contributed by atoms with Gasteiger partial charge < -0.3 is 10.3 Å². The lowest BCUT2D eigenvalue weighted by Gasteiger charge is -2.06. The molecular formula is C18H16ClN3O. The molecule has 2 N–H and O–H groups in total. The van der Waals surface area contributed by atoms with Gasteiger partial charge in [-0.2, -0.15) is 0 Å². The number of carbonyl (C=O) groups is 1. The standard InChI is InChI=1S/C18H16ClN3O/c19-16-7-5-15(6-8-16)18(23)21-10-14-3-1-13(2-4-14)9-17-11-20-12-22-17/h1-8,11-12H,9-10H2,(H,20,22)(H,21,23). The highest BCUT2D eigenvalue weighted by molar-refractivity contribution is 6.30. The van der Waals surface area contributed by atoms with Crippen LogP contribution in [0.15, 0.2) is 61.1 Å². The van der Waals surface area contributed by atoms with Crippen LogP contribution in [0.3, 0.4) is 0 Å². The monoisotopic (exact) mass is 325 g/mol. The average molecular weight is 326 g/mol. The molecule has 3 aromatic rings. The summed E-state index contributed by atoms with van der Waals surface area (Å²) in [4.78, 5) is 19.2. The molecule has 0 radical (unpaired) electrons. The molecule has 5 heteroatoms. The molecule has 1 aromatic heterocycles. The van der Waals surface area contributed by atoms with Crippen LogP contribution in [0.25, 0.3) is 0 Å². The summed E-state index contributed by atoms with van der Waals surface area (Å²) in [5, 5.41) is 3.52. The molecular weight excluding hydrogens is 310 g/mol. The van der Waals surface area contributed by atoms with Crippen LogP contribution in [-0.2, 0) is 13.0 Å². The molecule has 0 aliphatic carbocycles. The third kappa shape index (κ3) is 4.20. The molecule has 1 heterocycles. The van der Waals surface area contributed by atoms with Crippen molar-refractivity contribution in [3.63, 3.8) is 0 Å². The van der Waals surface area contributed by atoms with Crippen LogP contribution < -0.4 is 5.32 Å². The van der Waals surface area contributed by atoms with Crippen molar-refractivity contribution in [1.29, 1.82) is 0 Å². The van der Waals surface area contributed by atoms with Crippen LogP contribution >= 0.6 is 11.6 Å². The van der Waals surface area contributed by atoms with E-state index >= 15 is 0 Å². The molecule has 0 aliphatic rings. The maximum atomic E-state index is 12.0. The first-order valence-corrected chi connectivity index (χ1v) is 7.68. The van der Waals surface area contributed by atoms with Gasteiger partial charge in [0.15, 0.2) is 0 Å². The lowest BCUT2D eigenvalue weighted by Crippen LogP contribution is -2.22. The molecule has 0 atom stereocenters. The van der Waals surface area contributed by atoms with Crippen molar-refractivity contribution in [2.24, 2.45) is 0 Å². The zero-order valence-electron chi connectivity index (χ0n) is 12.4. The van der Waals surface area contributed by atoms with Gasteiger partial charge >= 0.3 is 0 Å². The van der Waals surface area contributed by atoms with Gasteiger partial charge in [-0.3, -0.25) is 4.79 Å². The molecule has 0 aliphatic heterocycles. The quantitative estimate of drug-likeness (QED) is 0.753. The highest BCUT2D eigenvalue weighted by Crippen LogP contribution is 2.11. The SMILES string of the molecule is O=C(NCc1ccc(Cc2c[nH]cn2)cc1)c1ccc(Cl)cc1. The number of imidazole rings is 1. The largest absolute Gasteiger partial charge is 0.351 e. The molecule has 3 rings (SSSR count). The van der Waals surface area contributed by atoms with Crippen LogP contribution in [-0.4, -0.2) is 15.9 Å². The highest BCUT2D eigenvalue weighted by Gasteiger charge is 2.05. The average Bonchev–Trinajstić information content (AvgIpc) is 3.07. The van der Waals surface area contributed by atoms with E-state index in [2.05, 4.69) is 27.4 Å². The summed E-state index contributed by atoms with van der Waals surface area (Å²) >= 11 is 5.82. The lowest BCUT2D eigenvalue weighted by atomic mass is 10.1. The van der Waals surface area contributed by atoms with Gasteiger partial charge in [0.2, 0.25) is 0 Å². The summed E-state index contributed by atoms with van der Waals surface area (Å²) in [6.07, 6.45) is 4.36. The van der Waals surface area contributed by atoms with Crippen molar-refractivity contribution in [2.45, 2.75) is 13.0 Å². The van der Waals surface area contributed by atoms with Crippen molar-refractivity contribution in [1.82, 2.24) is 15.3 Å². The summed E-state index contributed by atoms with van der Waals surface area (Å²) in [6.45, 7) is 0.490. The first kappa shape index (κ1) is 15.3. The highest BCUT2D eigenvalue weighted by atomic mass is 35.5. The van der Waals surface area contributed by atoms with Gasteiger partial charge in [0.05, 0.1) is 12.0 Å². The van der Waals surface area contributed by atoms with Gasteiger partial charge in [0.1, 0.15) is 0 Å². The Hall–Kier alpha value is -2.59. The Bertz CT molecular complexity index is 765. The number of hydrogen-bond donors (Lipinski definition) is 2. The van der Waals surface area contributed by atoms with Crippen molar-refractivity contribution in [3.05, 3.63) is 88.5 Å². The van der Waals surface area contributed by atoms with Crippen LogP contribution in [0, 0.1) is 0 Å².